The summed E-state index contributed by atoms with van der Waals surface area (Å²) in [5.74, 6) is -1.53. The molecule has 29 heavy (non-hydrogen) atoms. The molecule has 1 aliphatic carbocycles. The van der Waals surface area contributed by atoms with Gasteiger partial charge in [-0.1, -0.05) is 36.4 Å². The van der Waals surface area contributed by atoms with Crippen molar-refractivity contribution in [1.29, 1.82) is 0 Å². The molecule has 1 aliphatic rings. The van der Waals surface area contributed by atoms with Crippen molar-refractivity contribution in [3.05, 3.63) is 53.6 Å². The van der Waals surface area contributed by atoms with Crippen LogP contribution in [-0.2, 0) is 9.59 Å². The first kappa shape index (κ1) is 21.4. The van der Waals surface area contributed by atoms with Crippen molar-refractivity contribution in [3.8, 4) is 0 Å². The molecule has 3 rings (SSSR count). The Kier molecular flexibility index (Phi) is 7.30. The van der Waals surface area contributed by atoms with E-state index in [1.54, 1.807) is 12.2 Å². The number of carbonyl (C=O) groups excluding carboxylic acids is 1. The summed E-state index contributed by atoms with van der Waals surface area (Å²) in [5, 5.41) is 29.9. The lowest BCUT2D eigenvalue weighted by molar-refractivity contribution is -0.137. The number of hydrogen-bond acceptors (Lipinski definition) is 6. The van der Waals surface area contributed by atoms with Crippen molar-refractivity contribution in [2.24, 2.45) is 11.8 Å². The van der Waals surface area contributed by atoms with Gasteiger partial charge in [0.2, 0.25) is 0 Å². The summed E-state index contributed by atoms with van der Waals surface area (Å²) in [5.41, 5.74) is 0.832. The van der Waals surface area contributed by atoms with E-state index in [0.717, 1.165) is 10.2 Å². The maximum Gasteiger partial charge on any atom is 0.303 e. The van der Waals surface area contributed by atoms with E-state index in [9.17, 15) is 19.8 Å². The number of unbranched alkanes of at least 4 members (excludes halogenated alkanes) is 1. The second-order valence-electron chi connectivity index (χ2n) is 7.27. The Labute approximate surface area is 173 Å². The SMILES string of the molecule is O=C(O)CCCC=CC[C@H]1[C@@H](O)CC(=O)[C@@H]1C=C[C@@H](O)c1nc2ccccc2s1. The first-order valence-electron chi connectivity index (χ1n) is 9.75. The number of carboxylic acid groups (broad SMARTS) is 1. The van der Waals surface area contributed by atoms with Crippen LogP contribution in [0.4, 0.5) is 0 Å². The number of aliphatic carboxylic acids is 1. The van der Waals surface area contributed by atoms with E-state index in [4.69, 9.17) is 5.11 Å². The largest absolute Gasteiger partial charge is 0.481 e. The van der Waals surface area contributed by atoms with Crippen molar-refractivity contribution < 1.29 is 24.9 Å². The second kappa shape index (κ2) is 9.91. The molecule has 2 aromatic rings. The zero-order valence-electron chi connectivity index (χ0n) is 16.0. The molecule has 6 nitrogen and oxygen atoms in total. The molecular formula is C22H25NO5S. The molecule has 0 saturated heterocycles. The molecule has 0 spiro atoms. The number of benzene rings is 1. The van der Waals surface area contributed by atoms with Crippen LogP contribution in [0.25, 0.3) is 10.2 Å². The van der Waals surface area contributed by atoms with Crippen molar-refractivity contribution in [3.63, 3.8) is 0 Å². The summed E-state index contributed by atoms with van der Waals surface area (Å²) in [6.45, 7) is 0. The number of nitrogens with zero attached hydrogens (tertiary/aromatic N) is 1. The maximum absolute atomic E-state index is 12.3. The number of carbonyl (C=O) groups is 2. The molecule has 0 amide bonds. The topological polar surface area (TPSA) is 108 Å². The molecule has 4 atom stereocenters. The Morgan fingerprint density at radius 1 is 1.31 bits per heavy atom. The lowest BCUT2D eigenvalue weighted by atomic mass is 9.90. The molecule has 1 heterocycles. The van der Waals surface area contributed by atoms with Crippen LogP contribution in [0.1, 0.15) is 43.2 Å². The Morgan fingerprint density at radius 2 is 2.10 bits per heavy atom. The standard InChI is InChI=1S/C22H25NO5S/c24-17(22-23-16-8-5-6-9-20(16)29-22)12-11-15-14(18(25)13-19(15)26)7-3-1-2-4-10-21(27)28/h1,3,5-6,8-9,11-12,14-15,17-18,24-25H,2,4,7,10,13H2,(H,27,28)/t14-,15-,17-,18+/m1/s1. The van der Waals surface area contributed by atoms with E-state index in [1.807, 2.05) is 36.4 Å². The third kappa shape index (κ3) is 5.59. The number of ketones is 1. The van der Waals surface area contributed by atoms with Crippen molar-refractivity contribution >= 4 is 33.3 Å². The number of aliphatic hydroxyl groups excluding tert-OH is 2. The normalized spacial score (nSPS) is 23.5. The fraction of sp³-hybridized carbons (Fsp3) is 0.409. The first-order valence-corrected chi connectivity index (χ1v) is 10.6. The van der Waals surface area contributed by atoms with Crippen LogP contribution < -0.4 is 0 Å². The van der Waals surface area contributed by atoms with E-state index >= 15 is 0 Å². The number of aromatic nitrogens is 1. The van der Waals surface area contributed by atoms with E-state index in [1.165, 1.54) is 11.3 Å². The zero-order chi connectivity index (χ0) is 20.8. The smallest absolute Gasteiger partial charge is 0.303 e. The summed E-state index contributed by atoms with van der Waals surface area (Å²) in [6.07, 6.45) is 7.47. The van der Waals surface area contributed by atoms with E-state index in [2.05, 4.69) is 4.98 Å². The van der Waals surface area contributed by atoms with E-state index in [0.29, 0.717) is 24.3 Å². The van der Waals surface area contributed by atoms with E-state index < -0.39 is 24.1 Å². The number of carboxylic acids is 1. The molecule has 0 radical (unpaired) electrons. The van der Waals surface area contributed by atoms with Gasteiger partial charge >= 0.3 is 5.97 Å². The Bertz CT molecular complexity index is 886. The van der Waals surface area contributed by atoms with Crippen LogP contribution in [-0.4, -0.2) is 38.2 Å². The minimum atomic E-state index is -0.898. The molecule has 1 fully saturated rings. The van der Waals surface area contributed by atoms with Crippen LogP contribution in [0.5, 0.6) is 0 Å². The average molecular weight is 416 g/mol. The van der Waals surface area contributed by atoms with Crippen molar-refractivity contribution in [1.82, 2.24) is 4.98 Å². The molecule has 1 aromatic heterocycles. The highest BCUT2D eigenvalue weighted by molar-refractivity contribution is 7.18. The molecule has 0 aliphatic heterocycles. The molecule has 154 valence electrons. The van der Waals surface area contributed by atoms with Gasteiger partial charge in [-0.05, 0) is 31.4 Å². The first-order chi connectivity index (χ1) is 14.0. The predicted molar refractivity (Wildman–Crippen MR) is 112 cm³/mol. The molecule has 1 aromatic carbocycles. The fourth-order valence-corrected chi connectivity index (χ4v) is 4.53. The van der Waals surface area contributed by atoms with Gasteiger partial charge in [-0.3, -0.25) is 9.59 Å². The molecule has 7 heteroatoms. The van der Waals surface area contributed by atoms with Gasteiger partial charge in [0.1, 0.15) is 16.9 Å². The van der Waals surface area contributed by atoms with Gasteiger partial charge < -0.3 is 15.3 Å². The Hall–Kier alpha value is -2.35. The highest BCUT2D eigenvalue weighted by atomic mass is 32.1. The maximum atomic E-state index is 12.3. The average Bonchev–Trinajstić information content (AvgIpc) is 3.23. The van der Waals surface area contributed by atoms with Crippen molar-refractivity contribution in [2.45, 2.75) is 44.3 Å². The van der Waals surface area contributed by atoms with Gasteiger partial charge in [0.25, 0.3) is 0 Å². The number of rotatable bonds is 9. The highest BCUT2D eigenvalue weighted by Gasteiger charge is 2.39. The van der Waals surface area contributed by atoms with Gasteiger partial charge in [0.05, 0.1) is 16.3 Å². The molecule has 3 N–H and O–H groups in total. The quantitative estimate of drug-likeness (QED) is 0.426. The van der Waals surface area contributed by atoms with Crippen LogP contribution in [0.15, 0.2) is 48.6 Å². The third-order valence-electron chi connectivity index (χ3n) is 5.14. The number of aliphatic hydroxyl groups is 2. The van der Waals surface area contributed by atoms with Crippen LogP contribution in [0.3, 0.4) is 0 Å². The summed E-state index contributed by atoms with van der Waals surface area (Å²) in [6, 6.07) is 7.65. The molecule has 0 unspecified atom stereocenters. The highest BCUT2D eigenvalue weighted by Crippen LogP contribution is 2.34. The van der Waals surface area contributed by atoms with Gasteiger partial charge in [-0.25, -0.2) is 4.98 Å². The minimum Gasteiger partial charge on any atom is -0.481 e. The van der Waals surface area contributed by atoms with Gasteiger partial charge in [0, 0.05) is 24.7 Å². The van der Waals surface area contributed by atoms with Crippen molar-refractivity contribution in [2.75, 3.05) is 0 Å². The summed E-state index contributed by atoms with van der Waals surface area (Å²) < 4.78 is 0.994. The monoisotopic (exact) mass is 415 g/mol. The molecular weight excluding hydrogens is 390 g/mol. The second-order valence-corrected chi connectivity index (χ2v) is 8.33. The minimum absolute atomic E-state index is 0.0328. The zero-order valence-corrected chi connectivity index (χ0v) is 16.8. The number of para-hydroxylation sites is 1. The van der Waals surface area contributed by atoms with Gasteiger partial charge in [-0.15, -0.1) is 11.3 Å². The number of Topliss-reactive ketones (excluding diaryl/α,β-unsaturated/α-hetero) is 1. The number of fused-ring (bicyclic) bond motifs is 1. The predicted octanol–water partition coefficient (Wildman–Crippen LogP) is 3.65. The van der Waals surface area contributed by atoms with Gasteiger partial charge in [0.15, 0.2) is 0 Å². The summed E-state index contributed by atoms with van der Waals surface area (Å²) >= 11 is 1.41. The van der Waals surface area contributed by atoms with Gasteiger partial charge in [-0.2, -0.15) is 0 Å². The fourth-order valence-electron chi connectivity index (χ4n) is 3.59. The summed E-state index contributed by atoms with van der Waals surface area (Å²) in [7, 11) is 0. The van der Waals surface area contributed by atoms with Crippen LogP contribution in [0.2, 0.25) is 0 Å². The summed E-state index contributed by atoms with van der Waals surface area (Å²) in [4.78, 5) is 27.2. The Balaban J connectivity index is 1.61. The number of thiazole rings is 1. The lowest BCUT2D eigenvalue weighted by Gasteiger charge is -2.16. The molecule has 0 bridgehead atoms. The Morgan fingerprint density at radius 3 is 2.86 bits per heavy atom. The third-order valence-corrected chi connectivity index (χ3v) is 6.25. The van der Waals surface area contributed by atoms with Crippen LogP contribution in [0, 0.1) is 11.8 Å². The van der Waals surface area contributed by atoms with Crippen LogP contribution >= 0.6 is 11.3 Å². The van der Waals surface area contributed by atoms with E-state index in [-0.39, 0.29) is 24.5 Å². The lowest BCUT2D eigenvalue weighted by Crippen LogP contribution is -2.18. The number of allylic oxidation sites excluding steroid dienone is 3. The molecule has 1 saturated carbocycles. The number of hydrogen-bond donors (Lipinski definition) is 3.